The molecule has 2 nitrogen and oxygen atoms in total. The van der Waals surface area contributed by atoms with Crippen LogP contribution in [-0.2, 0) is 0 Å². The first kappa shape index (κ1) is 13.0. The van der Waals surface area contributed by atoms with Crippen molar-refractivity contribution in [3.8, 4) is 12.1 Å². The fraction of sp³-hybridized carbons (Fsp3) is 0.833. The highest BCUT2D eigenvalue weighted by Gasteiger charge is 2.44. The smallest absolute Gasteiger partial charge is 0.0729 e. The highest BCUT2D eigenvalue weighted by molar-refractivity contribution is 5.14. The van der Waals surface area contributed by atoms with E-state index in [1.165, 1.54) is 0 Å². The predicted molar refractivity (Wildman–Crippen MR) is 57.3 cm³/mol. The third kappa shape index (κ3) is 2.26. The Morgan fingerprint density at radius 1 is 0.857 bits per heavy atom. The minimum absolute atomic E-state index is 0.507. The van der Waals surface area contributed by atoms with E-state index < -0.39 is 10.8 Å². The molecule has 0 aromatic rings. The van der Waals surface area contributed by atoms with E-state index >= 15 is 0 Å². The second kappa shape index (κ2) is 5.01. The third-order valence-corrected chi connectivity index (χ3v) is 3.21. The fourth-order valence-corrected chi connectivity index (χ4v) is 1.91. The zero-order chi connectivity index (χ0) is 11.2. The SMILES string of the molecule is CCCC(C)(C#N)C(C)(C#N)CCC. The number of nitrogens with zero attached hydrogens (tertiary/aromatic N) is 2. The van der Waals surface area contributed by atoms with E-state index in [9.17, 15) is 10.5 Å². The lowest BCUT2D eigenvalue weighted by Gasteiger charge is -2.36. The number of rotatable bonds is 5. The molecule has 0 spiro atoms. The van der Waals surface area contributed by atoms with Crippen LogP contribution < -0.4 is 0 Å². The minimum atomic E-state index is -0.507. The van der Waals surface area contributed by atoms with Gasteiger partial charge in [-0.05, 0) is 26.7 Å². The van der Waals surface area contributed by atoms with Crippen LogP contribution in [0.15, 0.2) is 0 Å². The molecule has 0 heterocycles. The van der Waals surface area contributed by atoms with Crippen molar-refractivity contribution in [2.75, 3.05) is 0 Å². The maximum absolute atomic E-state index is 9.21. The van der Waals surface area contributed by atoms with Crippen molar-refractivity contribution in [1.82, 2.24) is 0 Å². The molecule has 78 valence electrons. The van der Waals surface area contributed by atoms with Gasteiger partial charge in [0.2, 0.25) is 0 Å². The molecule has 0 rings (SSSR count). The van der Waals surface area contributed by atoms with Gasteiger partial charge in [-0.15, -0.1) is 0 Å². The summed E-state index contributed by atoms with van der Waals surface area (Å²) in [5, 5.41) is 18.4. The Kier molecular flexibility index (Phi) is 4.64. The van der Waals surface area contributed by atoms with Gasteiger partial charge in [-0.1, -0.05) is 26.7 Å². The Balaban J connectivity index is 4.98. The number of hydrogen-bond acceptors (Lipinski definition) is 2. The van der Waals surface area contributed by atoms with E-state index in [1.807, 2.05) is 13.8 Å². The van der Waals surface area contributed by atoms with Crippen molar-refractivity contribution < 1.29 is 0 Å². The number of hydrogen-bond donors (Lipinski definition) is 0. The molecule has 0 saturated heterocycles. The molecule has 2 heteroatoms. The monoisotopic (exact) mass is 192 g/mol. The van der Waals surface area contributed by atoms with E-state index in [4.69, 9.17) is 0 Å². The van der Waals surface area contributed by atoms with Gasteiger partial charge in [0.25, 0.3) is 0 Å². The second-order valence-corrected chi connectivity index (χ2v) is 4.39. The zero-order valence-electron chi connectivity index (χ0n) is 9.72. The molecule has 0 aromatic heterocycles. The van der Waals surface area contributed by atoms with Gasteiger partial charge < -0.3 is 0 Å². The normalized spacial score (nSPS) is 18.7. The van der Waals surface area contributed by atoms with Crippen molar-refractivity contribution in [2.24, 2.45) is 10.8 Å². The van der Waals surface area contributed by atoms with Gasteiger partial charge in [-0.3, -0.25) is 0 Å². The van der Waals surface area contributed by atoms with Gasteiger partial charge in [0.15, 0.2) is 0 Å². The Hall–Kier alpha value is -1.02. The van der Waals surface area contributed by atoms with Crippen LogP contribution in [0, 0.1) is 33.5 Å². The number of nitriles is 2. The predicted octanol–water partition coefficient (Wildman–Crippen LogP) is 3.65. The summed E-state index contributed by atoms with van der Waals surface area (Å²) in [5.41, 5.74) is -1.01. The third-order valence-electron chi connectivity index (χ3n) is 3.21. The first-order valence-corrected chi connectivity index (χ1v) is 5.32. The van der Waals surface area contributed by atoms with Crippen molar-refractivity contribution in [2.45, 2.75) is 53.4 Å². The second-order valence-electron chi connectivity index (χ2n) is 4.39. The van der Waals surface area contributed by atoms with Crippen LogP contribution >= 0.6 is 0 Å². The van der Waals surface area contributed by atoms with Gasteiger partial charge in [0.1, 0.15) is 0 Å². The van der Waals surface area contributed by atoms with E-state index in [0.29, 0.717) is 0 Å². The van der Waals surface area contributed by atoms with E-state index in [1.54, 1.807) is 0 Å². The maximum atomic E-state index is 9.21. The lowest BCUT2D eigenvalue weighted by Crippen LogP contribution is -2.35. The Morgan fingerprint density at radius 2 is 1.14 bits per heavy atom. The molecule has 0 saturated carbocycles. The molecular formula is C12H20N2. The summed E-state index contributed by atoms with van der Waals surface area (Å²) in [5.74, 6) is 0. The average molecular weight is 192 g/mol. The highest BCUT2D eigenvalue weighted by atomic mass is 14.5. The van der Waals surface area contributed by atoms with Crippen LogP contribution in [0.1, 0.15) is 53.4 Å². The zero-order valence-corrected chi connectivity index (χ0v) is 9.72. The largest absolute Gasteiger partial charge is 0.198 e. The summed E-state index contributed by atoms with van der Waals surface area (Å²) in [6.45, 7) is 7.93. The molecule has 2 unspecified atom stereocenters. The molecule has 14 heavy (non-hydrogen) atoms. The first-order valence-electron chi connectivity index (χ1n) is 5.32. The van der Waals surface area contributed by atoms with Crippen molar-refractivity contribution in [3.63, 3.8) is 0 Å². The lowest BCUT2D eigenvalue weighted by atomic mass is 9.63. The topological polar surface area (TPSA) is 47.6 Å². The van der Waals surface area contributed by atoms with E-state index in [0.717, 1.165) is 25.7 Å². The molecule has 0 fully saturated rings. The average Bonchev–Trinajstić information content (AvgIpc) is 2.18. The van der Waals surface area contributed by atoms with E-state index in [2.05, 4.69) is 26.0 Å². The standard InChI is InChI=1S/C12H20N2/c1-5-7-11(3,9-13)12(4,10-14)8-6-2/h5-8H2,1-4H3. The molecule has 0 amide bonds. The van der Waals surface area contributed by atoms with Gasteiger partial charge in [-0.2, -0.15) is 10.5 Å². The van der Waals surface area contributed by atoms with Crippen LogP contribution in [0.5, 0.6) is 0 Å². The van der Waals surface area contributed by atoms with E-state index in [-0.39, 0.29) is 0 Å². The molecule has 2 atom stereocenters. The molecule has 0 aliphatic rings. The highest BCUT2D eigenvalue weighted by Crippen LogP contribution is 2.45. The Labute approximate surface area is 87.5 Å². The maximum Gasteiger partial charge on any atom is 0.0729 e. The van der Waals surface area contributed by atoms with Gasteiger partial charge in [0, 0.05) is 0 Å². The first-order chi connectivity index (χ1) is 6.49. The Morgan fingerprint density at radius 3 is 1.29 bits per heavy atom. The van der Waals surface area contributed by atoms with Crippen LogP contribution in [0.4, 0.5) is 0 Å². The van der Waals surface area contributed by atoms with Gasteiger partial charge >= 0.3 is 0 Å². The van der Waals surface area contributed by atoms with Crippen molar-refractivity contribution in [3.05, 3.63) is 0 Å². The fourth-order valence-electron chi connectivity index (χ4n) is 1.91. The van der Waals surface area contributed by atoms with Crippen LogP contribution in [-0.4, -0.2) is 0 Å². The summed E-state index contributed by atoms with van der Waals surface area (Å²) in [7, 11) is 0. The summed E-state index contributed by atoms with van der Waals surface area (Å²) in [6, 6.07) is 4.67. The quantitative estimate of drug-likeness (QED) is 0.667. The molecule has 0 aliphatic heterocycles. The van der Waals surface area contributed by atoms with Gasteiger partial charge in [-0.25, -0.2) is 0 Å². The van der Waals surface area contributed by atoms with Crippen LogP contribution in [0.25, 0.3) is 0 Å². The minimum Gasteiger partial charge on any atom is -0.198 e. The molecule has 0 aliphatic carbocycles. The lowest BCUT2D eigenvalue weighted by molar-refractivity contribution is 0.169. The summed E-state index contributed by atoms with van der Waals surface area (Å²) in [4.78, 5) is 0. The molecule has 0 radical (unpaired) electrons. The van der Waals surface area contributed by atoms with Crippen LogP contribution in [0.3, 0.4) is 0 Å². The molecular weight excluding hydrogens is 172 g/mol. The molecule has 0 N–H and O–H groups in total. The van der Waals surface area contributed by atoms with Gasteiger partial charge in [0.05, 0.1) is 23.0 Å². The van der Waals surface area contributed by atoms with Crippen LogP contribution in [0.2, 0.25) is 0 Å². The summed E-state index contributed by atoms with van der Waals surface area (Å²) < 4.78 is 0. The molecule has 0 bridgehead atoms. The molecule has 0 aromatic carbocycles. The van der Waals surface area contributed by atoms with Crippen molar-refractivity contribution >= 4 is 0 Å². The summed E-state index contributed by atoms with van der Waals surface area (Å²) in [6.07, 6.45) is 3.50. The summed E-state index contributed by atoms with van der Waals surface area (Å²) >= 11 is 0. The Bertz CT molecular complexity index is 230. The van der Waals surface area contributed by atoms with Crippen molar-refractivity contribution in [1.29, 1.82) is 10.5 Å².